The molecule has 0 atom stereocenters. The first-order chi connectivity index (χ1) is 6.18. The highest BCUT2D eigenvalue weighted by atomic mass is 79.9. The maximum atomic E-state index is 13.2. The Morgan fingerprint density at radius 2 is 1.77 bits per heavy atom. The number of halogens is 3. The van der Waals surface area contributed by atoms with Gasteiger partial charge < -0.3 is 0 Å². The van der Waals surface area contributed by atoms with E-state index in [-0.39, 0.29) is 5.39 Å². The van der Waals surface area contributed by atoms with E-state index in [4.69, 9.17) is 0 Å². The third-order valence-electron chi connectivity index (χ3n) is 1.84. The van der Waals surface area contributed by atoms with Crippen LogP contribution in [0.4, 0.5) is 8.78 Å². The van der Waals surface area contributed by atoms with Crippen molar-refractivity contribution in [3.63, 3.8) is 0 Å². The van der Waals surface area contributed by atoms with Gasteiger partial charge in [0.25, 0.3) is 0 Å². The van der Waals surface area contributed by atoms with Crippen LogP contribution in [0.25, 0.3) is 10.8 Å². The molecule has 0 N–H and O–H groups in total. The van der Waals surface area contributed by atoms with E-state index in [9.17, 15) is 8.78 Å². The summed E-state index contributed by atoms with van der Waals surface area (Å²) in [7, 11) is 0. The molecule has 0 heterocycles. The first-order valence-corrected chi connectivity index (χ1v) is 4.51. The molecule has 0 aliphatic heterocycles. The van der Waals surface area contributed by atoms with Crippen molar-refractivity contribution in [1.82, 2.24) is 0 Å². The predicted octanol–water partition coefficient (Wildman–Crippen LogP) is 3.88. The van der Waals surface area contributed by atoms with Crippen LogP contribution in [0.15, 0.2) is 34.8 Å². The van der Waals surface area contributed by atoms with Gasteiger partial charge in [0.05, 0.1) is 5.39 Å². The topological polar surface area (TPSA) is 0 Å². The maximum absolute atomic E-state index is 13.2. The summed E-state index contributed by atoms with van der Waals surface area (Å²) in [5.41, 5.74) is 0. The molecule has 0 spiro atoms. The second-order valence-electron chi connectivity index (χ2n) is 2.73. The minimum absolute atomic E-state index is 0.0469. The van der Waals surface area contributed by atoms with Crippen LogP contribution >= 0.6 is 15.9 Å². The van der Waals surface area contributed by atoms with Gasteiger partial charge in [-0.05, 0) is 23.6 Å². The van der Waals surface area contributed by atoms with Crippen molar-refractivity contribution in [1.29, 1.82) is 0 Å². The Labute approximate surface area is 82.3 Å². The minimum atomic E-state index is -0.539. The highest BCUT2D eigenvalue weighted by molar-refractivity contribution is 9.10. The third kappa shape index (κ3) is 1.44. The summed E-state index contributed by atoms with van der Waals surface area (Å²) in [5, 5.41) is 0.609. The van der Waals surface area contributed by atoms with Crippen LogP contribution in [-0.2, 0) is 0 Å². The lowest BCUT2D eigenvalue weighted by molar-refractivity contribution is 0.608. The molecular weight excluding hydrogens is 238 g/mol. The zero-order chi connectivity index (χ0) is 9.42. The molecule has 2 rings (SSSR count). The SMILES string of the molecule is Fc1cccc2cc(Br)cc(F)c12. The largest absolute Gasteiger partial charge is 0.206 e. The normalized spacial score (nSPS) is 10.7. The molecule has 3 heteroatoms. The number of benzene rings is 2. The molecule has 66 valence electrons. The molecule has 0 radical (unpaired) electrons. The maximum Gasteiger partial charge on any atom is 0.135 e. The van der Waals surface area contributed by atoms with E-state index in [2.05, 4.69) is 15.9 Å². The first-order valence-electron chi connectivity index (χ1n) is 3.72. The van der Waals surface area contributed by atoms with Gasteiger partial charge in [-0.25, -0.2) is 8.78 Å². The molecule has 2 aromatic rings. The summed E-state index contributed by atoms with van der Waals surface area (Å²) < 4.78 is 27.0. The standard InChI is InChI=1S/C10H5BrF2/c11-7-4-6-2-1-3-8(12)10(6)9(13)5-7/h1-5H. The van der Waals surface area contributed by atoms with Gasteiger partial charge >= 0.3 is 0 Å². The molecule has 0 nitrogen and oxygen atoms in total. The quantitative estimate of drug-likeness (QED) is 0.658. The van der Waals surface area contributed by atoms with E-state index in [1.165, 1.54) is 12.1 Å². The van der Waals surface area contributed by atoms with Gasteiger partial charge in [-0.1, -0.05) is 28.1 Å². The summed E-state index contributed by atoms with van der Waals surface area (Å²) in [5.74, 6) is -1.06. The average molecular weight is 243 g/mol. The van der Waals surface area contributed by atoms with Gasteiger partial charge in [-0.2, -0.15) is 0 Å². The molecular formula is C10H5BrF2. The number of rotatable bonds is 0. The highest BCUT2D eigenvalue weighted by Crippen LogP contribution is 2.25. The Balaban J connectivity index is 2.94. The van der Waals surface area contributed by atoms with Crippen LogP contribution in [0.2, 0.25) is 0 Å². The van der Waals surface area contributed by atoms with Crippen molar-refractivity contribution >= 4 is 26.7 Å². The van der Waals surface area contributed by atoms with Crippen LogP contribution in [0.1, 0.15) is 0 Å². The van der Waals surface area contributed by atoms with Crippen molar-refractivity contribution in [2.75, 3.05) is 0 Å². The van der Waals surface area contributed by atoms with Crippen molar-refractivity contribution in [3.8, 4) is 0 Å². The van der Waals surface area contributed by atoms with Crippen molar-refractivity contribution in [2.45, 2.75) is 0 Å². The summed E-state index contributed by atoms with van der Waals surface area (Å²) in [6.07, 6.45) is 0. The summed E-state index contributed by atoms with van der Waals surface area (Å²) in [6.45, 7) is 0. The van der Waals surface area contributed by atoms with E-state index >= 15 is 0 Å². The van der Waals surface area contributed by atoms with Gasteiger partial charge in [0.1, 0.15) is 11.6 Å². The molecule has 0 fully saturated rings. The molecule has 0 aliphatic carbocycles. The molecule has 0 aromatic heterocycles. The average Bonchev–Trinajstić information content (AvgIpc) is 2.02. The molecule has 0 aliphatic rings. The van der Waals surface area contributed by atoms with Gasteiger partial charge in [-0.3, -0.25) is 0 Å². The fraction of sp³-hybridized carbons (Fsp3) is 0. The molecule has 13 heavy (non-hydrogen) atoms. The fourth-order valence-electron chi connectivity index (χ4n) is 1.30. The second-order valence-corrected chi connectivity index (χ2v) is 3.64. The van der Waals surface area contributed by atoms with Gasteiger partial charge in [0, 0.05) is 4.47 Å². The van der Waals surface area contributed by atoms with Crippen molar-refractivity contribution in [2.24, 2.45) is 0 Å². The Morgan fingerprint density at radius 1 is 1.00 bits per heavy atom. The molecule has 0 saturated heterocycles. The van der Waals surface area contributed by atoms with Crippen molar-refractivity contribution in [3.05, 3.63) is 46.4 Å². The molecule has 0 bridgehead atoms. The monoisotopic (exact) mass is 242 g/mol. The zero-order valence-corrected chi connectivity index (χ0v) is 8.11. The Hall–Kier alpha value is -0.960. The van der Waals surface area contributed by atoms with E-state index < -0.39 is 11.6 Å². The van der Waals surface area contributed by atoms with Crippen LogP contribution in [-0.4, -0.2) is 0 Å². The minimum Gasteiger partial charge on any atom is -0.206 e. The van der Waals surface area contributed by atoms with E-state index in [1.54, 1.807) is 18.2 Å². The molecule has 0 saturated carbocycles. The van der Waals surface area contributed by atoms with Gasteiger partial charge in [-0.15, -0.1) is 0 Å². The predicted molar refractivity (Wildman–Crippen MR) is 51.6 cm³/mol. The van der Waals surface area contributed by atoms with Gasteiger partial charge in [0.15, 0.2) is 0 Å². The van der Waals surface area contributed by atoms with E-state index in [1.807, 2.05) is 0 Å². The lowest BCUT2D eigenvalue weighted by Gasteiger charge is -2.01. The fourth-order valence-corrected chi connectivity index (χ4v) is 1.74. The Bertz CT molecular complexity index is 466. The molecule has 0 unspecified atom stereocenters. The number of hydrogen-bond donors (Lipinski definition) is 0. The summed E-state index contributed by atoms with van der Waals surface area (Å²) in [4.78, 5) is 0. The number of hydrogen-bond acceptors (Lipinski definition) is 0. The molecule has 2 aromatic carbocycles. The smallest absolute Gasteiger partial charge is 0.135 e. The summed E-state index contributed by atoms with van der Waals surface area (Å²) >= 11 is 3.15. The summed E-state index contributed by atoms with van der Waals surface area (Å²) in [6, 6.07) is 7.42. The number of fused-ring (bicyclic) bond motifs is 1. The zero-order valence-electron chi connectivity index (χ0n) is 6.52. The second kappa shape index (κ2) is 3.07. The van der Waals surface area contributed by atoms with Gasteiger partial charge in [0.2, 0.25) is 0 Å². The van der Waals surface area contributed by atoms with E-state index in [0.29, 0.717) is 9.86 Å². The van der Waals surface area contributed by atoms with Crippen LogP contribution in [0.3, 0.4) is 0 Å². The lowest BCUT2D eigenvalue weighted by Crippen LogP contribution is -1.84. The lowest BCUT2D eigenvalue weighted by atomic mass is 10.1. The molecule has 0 amide bonds. The third-order valence-corrected chi connectivity index (χ3v) is 2.30. The Kier molecular flexibility index (Phi) is 2.04. The highest BCUT2D eigenvalue weighted by Gasteiger charge is 2.06. The Morgan fingerprint density at radius 3 is 2.54 bits per heavy atom. The van der Waals surface area contributed by atoms with Crippen LogP contribution in [0.5, 0.6) is 0 Å². The first kappa shape index (κ1) is 8.63. The van der Waals surface area contributed by atoms with Crippen molar-refractivity contribution < 1.29 is 8.78 Å². The van der Waals surface area contributed by atoms with E-state index in [0.717, 1.165) is 0 Å². The van der Waals surface area contributed by atoms with Crippen LogP contribution < -0.4 is 0 Å². The van der Waals surface area contributed by atoms with Crippen LogP contribution in [0, 0.1) is 11.6 Å².